The Bertz CT molecular complexity index is 910. The third-order valence-corrected chi connectivity index (χ3v) is 5.40. The molecule has 0 bridgehead atoms. The molecular formula is C18H22N2O5S. The second-order valence-corrected chi connectivity index (χ2v) is 7.45. The molecule has 0 radical (unpaired) electrons. The van der Waals surface area contributed by atoms with Gasteiger partial charge in [-0.05, 0) is 48.7 Å². The monoisotopic (exact) mass is 378 g/mol. The van der Waals surface area contributed by atoms with E-state index in [1.807, 2.05) is 6.07 Å². The number of nitrogens with one attached hydrogen (secondary N) is 1. The molecule has 0 fully saturated rings. The summed E-state index contributed by atoms with van der Waals surface area (Å²) in [5.41, 5.74) is 6.99. The lowest BCUT2D eigenvalue weighted by molar-refractivity contribution is 0.0999. The number of nitrogens with two attached hydrogens (primary N) is 1. The number of hydrogen-bond donors (Lipinski definition) is 2. The third kappa shape index (κ3) is 4.53. The van der Waals surface area contributed by atoms with Gasteiger partial charge in [0.25, 0.3) is 0 Å². The van der Waals surface area contributed by atoms with Crippen LogP contribution in [0.1, 0.15) is 21.5 Å². The van der Waals surface area contributed by atoms with Gasteiger partial charge in [-0.1, -0.05) is 12.1 Å². The molecule has 3 N–H and O–H groups in total. The van der Waals surface area contributed by atoms with E-state index in [4.69, 9.17) is 15.2 Å². The Kier molecular flexibility index (Phi) is 6.23. The van der Waals surface area contributed by atoms with Gasteiger partial charge < -0.3 is 15.2 Å². The maximum Gasteiger partial charge on any atom is 0.249 e. The van der Waals surface area contributed by atoms with Crippen LogP contribution < -0.4 is 19.9 Å². The summed E-state index contributed by atoms with van der Waals surface area (Å²) in [5.74, 6) is 0.526. The van der Waals surface area contributed by atoms with Gasteiger partial charge in [-0.25, -0.2) is 13.1 Å². The highest BCUT2D eigenvalue weighted by molar-refractivity contribution is 7.89. The fourth-order valence-electron chi connectivity index (χ4n) is 2.48. The largest absolute Gasteiger partial charge is 0.493 e. The molecule has 0 aliphatic rings. The van der Waals surface area contributed by atoms with E-state index in [0.717, 1.165) is 5.56 Å². The van der Waals surface area contributed by atoms with Gasteiger partial charge in [-0.3, -0.25) is 4.79 Å². The van der Waals surface area contributed by atoms with Gasteiger partial charge >= 0.3 is 0 Å². The van der Waals surface area contributed by atoms with Crippen LogP contribution in [0.15, 0.2) is 41.3 Å². The number of primary amides is 1. The number of carbonyl (C=O) groups is 1. The first kappa shape index (κ1) is 19.7. The van der Waals surface area contributed by atoms with E-state index in [-0.39, 0.29) is 17.0 Å². The second kappa shape index (κ2) is 8.20. The van der Waals surface area contributed by atoms with Crippen molar-refractivity contribution in [3.8, 4) is 11.5 Å². The summed E-state index contributed by atoms with van der Waals surface area (Å²) in [7, 11) is -0.657. The lowest BCUT2D eigenvalue weighted by Crippen LogP contribution is -2.26. The van der Waals surface area contributed by atoms with Crippen LogP contribution in [0.5, 0.6) is 11.5 Å². The molecule has 140 valence electrons. The third-order valence-electron chi connectivity index (χ3n) is 3.94. The molecule has 0 aromatic heterocycles. The van der Waals surface area contributed by atoms with Gasteiger partial charge in [-0.2, -0.15) is 0 Å². The SMILES string of the molecule is COc1ccc(CCNS(=O)(=O)c2ccc(C)c(C(N)=O)c2)cc1OC. The van der Waals surface area contributed by atoms with Crippen molar-refractivity contribution in [1.29, 1.82) is 0 Å². The minimum absolute atomic E-state index is 0.00390. The molecule has 0 atom stereocenters. The molecule has 0 aliphatic heterocycles. The lowest BCUT2D eigenvalue weighted by atomic mass is 10.1. The smallest absolute Gasteiger partial charge is 0.249 e. The predicted molar refractivity (Wildman–Crippen MR) is 98.1 cm³/mol. The van der Waals surface area contributed by atoms with E-state index in [9.17, 15) is 13.2 Å². The van der Waals surface area contributed by atoms with E-state index in [0.29, 0.717) is 23.5 Å². The number of benzene rings is 2. The Labute approximate surface area is 153 Å². The van der Waals surface area contributed by atoms with Gasteiger partial charge in [-0.15, -0.1) is 0 Å². The summed E-state index contributed by atoms with van der Waals surface area (Å²) in [6.45, 7) is 1.89. The zero-order chi connectivity index (χ0) is 19.3. The molecule has 1 amide bonds. The van der Waals surface area contributed by atoms with E-state index in [2.05, 4.69) is 4.72 Å². The molecule has 2 rings (SSSR count). The maximum atomic E-state index is 12.4. The summed E-state index contributed by atoms with van der Waals surface area (Å²) >= 11 is 0. The summed E-state index contributed by atoms with van der Waals surface area (Å²) in [6.07, 6.45) is 0.466. The molecule has 0 unspecified atom stereocenters. The number of sulfonamides is 1. The van der Waals surface area contributed by atoms with Crippen molar-refractivity contribution in [3.63, 3.8) is 0 Å². The first-order valence-corrected chi connectivity index (χ1v) is 9.38. The fourth-order valence-corrected chi connectivity index (χ4v) is 3.54. The number of hydrogen-bond acceptors (Lipinski definition) is 5. The molecule has 26 heavy (non-hydrogen) atoms. The molecule has 2 aromatic carbocycles. The summed E-state index contributed by atoms with van der Waals surface area (Å²) in [6, 6.07) is 9.69. The fraction of sp³-hybridized carbons (Fsp3) is 0.278. The van der Waals surface area contributed by atoms with Crippen molar-refractivity contribution in [2.75, 3.05) is 20.8 Å². The van der Waals surface area contributed by atoms with Gasteiger partial charge in [0.2, 0.25) is 15.9 Å². The highest BCUT2D eigenvalue weighted by Crippen LogP contribution is 2.27. The van der Waals surface area contributed by atoms with Crippen LogP contribution in [0.3, 0.4) is 0 Å². The first-order valence-electron chi connectivity index (χ1n) is 7.89. The van der Waals surface area contributed by atoms with Crippen LogP contribution in [0.25, 0.3) is 0 Å². The van der Waals surface area contributed by atoms with E-state index in [1.165, 1.54) is 19.2 Å². The van der Waals surface area contributed by atoms with Gasteiger partial charge in [0, 0.05) is 12.1 Å². The molecule has 0 spiro atoms. The van der Waals surface area contributed by atoms with Crippen molar-refractivity contribution in [2.45, 2.75) is 18.2 Å². The molecule has 0 aliphatic carbocycles. The van der Waals surface area contributed by atoms with Crippen molar-refractivity contribution in [2.24, 2.45) is 5.73 Å². The molecule has 7 nitrogen and oxygen atoms in total. The first-order chi connectivity index (χ1) is 12.3. The summed E-state index contributed by atoms with van der Waals surface area (Å²) in [4.78, 5) is 11.4. The number of methoxy groups -OCH3 is 2. The molecule has 2 aromatic rings. The lowest BCUT2D eigenvalue weighted by Gasteiger charge is -2.11. The number of amides is 1. The van der Waals surface area contributed by atoms with Crippen molar-refractivity contribution in [1.82, 2.24) is 4.72 Å². The van der Waals surface area contributed by atoms with Crippen LogP contribution in [0.4, 0.5) is 0 Å². The Morgan fingerprint density at radius 2 is 1.77 bits per heavy atom. The van der Waals surface area contributed by atoms with E-state index >= 15 is 0 Å². The van der Waals surface area contributed by atoms with Crippen molar-refractivity contribution < 1.29 is 22.7 Å². The average Bonchev–Trinajstić information content (AvgIpc) is 2.61. The van der Waals surface area contributed by atoms with Crippen LogP contribution in [-0.4, -0.2) is 35.1 Å². The minimum atomic E-state index is -3.75. The quantitative estimate of drug-likeness (QED) is 0.726. The van der Waals surface area contributed by atoms with Crippen molar-refractivity contribution in [3.05, 3.63) is 53.1 Å². The topological polar surface area (TPSA) is 108 Å². The molecule has 0 saturated carbocycles. The summed E-state index contributed by atoms with van der Waals surface area (Å²) in [5, 5.41) is 0. The maximum absolute atomic E-state index is 12.4. The van der Waals surface area contributed by atoms with Gasteiger partial charge in [0.05, 0.1) is 19.1 Å². The summed E-state index contributed by atoms with van der Waals surface area (Å²) < 4.78 is 37.8. The zero-order valence-electron chi connectivity index (χ0n) is 14.9. The van der Waals surface area contributed by atoms with Gasteiger partial charge in [0.15, 0.2) is 11.5 Å². The number of aryl methyl sites for hydroxylation is 1. The van der Waals surface area contributed by atoms with E-state index in [1.54, 1.807) is 32.2 Å². The Morgan fingerprint density at radius 3 is 2.38 bits per heavy atom. The molecule has 0 saturated heterocycles. The van der Waals surface area contributed by atoms with E-state index < -0.39 is 15.9 Å². The van der Waals surface area contributed by atoms with Crippen LogP contribution in [0.2, 0.25) is 0 Å². The standard InChI is InChI=1S/C18H22N2O5S/c1-12-4-6-14(11-15(12)18(19)21)26(22,23)20-9-8-13-5-7-16(24-2)17(10-13)25-3/h4-7,10-11,20H,8-9H2,1-3H3,(H2,19,21). The predicted octanol–water partition coefficient (Wildman–Crippen LogP) is 1.63. The highest BCUT2D eigenvalue weighted by atomic mass is 32.2. The highest BCUT2D eigenvalue weighted by Gasteiger charge is 2.16. The minimum Gasteiger partial charge on any atom is -0.493 e. The average molecular weight is 378 g/mol. The second-order valence-electron chi connectivity index (χ2n) is 5.68. The molecule has 0 heterocycles. The normalized spacial score (nSPS) is 11.2. The van der Waals surface area contributed by atoms with Crippen LogP contribution in [-0.2, 0) is 16.4 Å². The molecular weight excluding hydrogens is 356 g/mol. The zero-order valence-corrected chi connectivity index (χ0v) is 15.7. The Hall–Kier alpha value is -2.58. The Balaban J connectivity index is 2.09. The molecule has 8 heteroatoms. The number of ether oxygens (including phenoxy) is 2. The number of rotatable bonds is 8. The van der Waals surface area contributed by atoms with Gasteiger partial charge in [0.1, 0.15) is 0 Å². The van der Waals surface area contributed by atoms with Crippen molar-refractivity contribution >= 4 is 15.9 Å². The van der Waals surface area contributed by atoms with Crippen LogP contribution >= 0.6 is 0 Å². The van der Waals surface area contributed by atoms with Crippen LogP contribution in [0, 0.1) is 6.92 Å². The number of carbonyl (C=O) groups excluding carboxylic acids is 1. The Morgan fingerprint density at radius 1 is 1.08 bits per heavy atom.